The molecule has 9 heteroatoms. The average molecular weight is 492 g/mol. The van der Waals surface area contributed by atoms with Gasteiger partial charge in [-0.1, -0.05) is 72.8 Å². The molecule has 2 unspecified atom stereocenters. The van der Waals surface area contributed by atoms with Gasteiger partial charge in [0, 0.05) is 6.42 Å². The van der Waals surface area contributed by atoms with Gasteiger partial charge in [-0.2, -0.15) is 0 Å². The lowest BCUT2D eigenvalue weighted by Crippen LogP contribution is -2.51. The Labute approximate surface area is 208 Å². The number of aliphatic hydroxyl groups is 2. The van der Waals surface area contributed by atoms with Crippen LogP contribution in [0.1, 0.15) is 16.7 Å². The van der Waals surface area contributed by atoms with Gasteiger partial charge in [0.05, 0.1) is 5.92 Å². The fourth-order valence-electron chi connectivity index (χ4n) is 3.71. The first-order valence-electron chi connectivity index (χ1n) is 11.4. The maximum absolute atomic E-state index is 13.1. The predicted octanol–water partition coefficient (Wildman–Crippen LogP) is 2.08. The Hall–Kier alpha value is -4.08. The summed E-state index contributed by atoms with van der Waals surface area (Å²) >= 11 is 0. The molecule has 2 amide bonds. The minimum Gasteiger partial charge on any atom is -0.489 e. The Balaban J connectivity index is 1.70. The summed E-state index contributed by atoms with van der Waals surface area (Å²) in [5, 5.41) is 25.3. The zero-order chi connectivity index (χ0) is 25.9. The Morgan fingerprint density at radius 1 is 0.833 bits per heavy atom. The van der Waals surface area contributed by atoms with Gasteiger partial charge in [-0.25, -0.2) is 0 Å². The van der Waals surface area contributed by atoms with E-state index in [2.05, 4.69) is 10.5 Å². The predicted molar refractivity (Wildman–Crippen MR) is 133 cm³/mol. The lowest BCUT2D eigenvalue weighted by Gasteiger charge is -2.25. The highest BCUT2D eigenvalue weighted by Gasteiger charge is 2.34. The van der Waals surface area contributed by atoms with Crippen molar-refractivity contribution in [3.63, 3.8) is 0 Å². The molecule has 0 aliphatic carbocycles. The summed E-state index contributed by atoms with van der Waals surface area (Å²) in [5.74, 6) is -2.16. The van der Waals surface area contributed by atoms with Gasteiger partial charge in [-0.15, -0.1) is 4.91 Å². The summed E-state index contributed by atoms with van der Waals surface area (Å²) < 4.78 is 5.76. The van der Waals surface area contributed by atoms with Crippen molar-refractivity contribution < 1.29 is 24.5 Å². The standard InChI is InChI=1S/C27H29N3O6/c28-25(32)23(16-18-7-3-1-4-8-18)29-26(33)22(24(31)27(34)30-35)15-19-11-13-21(14-12-19)36-17-20-9-5-2-6-10-20/h1-14,22-24,27,31,34H,15-17H2,(H2,28,32)(H,29,33)/t22-,23+,24?,27?/m1/s1. The zero-order valence-corrected chi connectivity index (χ0v) is 19.6. The molecule has 36 heavy (non-hydrogen) atoms. The van der Waals surface area contributed by atoms with E-state index in [1.165, 1.54) is 0 Å². The second-order valence-corrected chi connectivity index (χ2v) is 8.39. The molecule has 0 fully saturated rings. The van der Waals surface area contributed by atoms with Crippen LogP contribution in [0.15, 0.2) is 90.1 Å². The van der Waals surface area contributed by atoms with Crippen LogP contribution in [-0.4, -0.2) is 40.4 Å². The number of carbonyl (C=O) groups is 2. The van der Waals surface area contributed by atoms with Gasteiger partial charge >= 0.3 is 0 Å². The third-order valence-corrected chi connectivity index (χ3v) is 5.73. The number of carbonyl (C=O) groups excluding carboxylic acids is 2. The maximum atomic E-state index is 13.1. The van der Waals surface area contributed by atoms with Gasteiger partial charge < -0.3 is 26.0 Å². The van der Waals surface area contributed by atoms with E-state index in [0.29, 0.717) is 17.9 Å². The van der Waals surface area contributed by atoms with Crippen molar-refractivity contribution in [3.8, 4) is 5.75 Å². The zero-order valence-electron chi connectivity index (χ0n) is 19.6. The highest BCUT2D eigenvalue weighted by Crippen LogP contribution is 2.20. The molecule has 0 saturated heterocycles. The number of benzene rings is 3. The Morgan fingerprint density at radius 3 is 1.94 bits per heavy atom. The van der Waals surface area contributed by atoms with Crippen molar-refractivity contribution in [3.05, 3.63) is 107 Å². The van der Waals surface area contributed by atoms with Crippen molar-refractivity contribution in [2.75, 3.05) is 0 Å². The molecule has 0 bridgehead atoms. The maximum Gasteiger partial charge on any atom is 0.240 e. The van der Waals surface area contributed by atoms with E-state index >= 15 is 0 Å². The molecule has 188 valence electrons. The molecule has 3 aromatic carbocycles. The summed E-state index contributed by atoms with van der Waals surface area (Å²) in [6.07, 6.45) is -3.70. The Kier molecular flexibility index (Phi) is 9.67. The average Bonchev–Trinajstić information content (AvgIpc) is 2.91. The van der Waals surface area contributed by atoms with Crippen LogP contribution in [-0.2, 0) is 29.0 Å². The summed E-state index contributed by atoms with van der Waals surface area (Å²) in [5.41, 5.74) is 7.91. The number of nitrogens with zero attached hydrogens (tertiary/aromatic N) is 1. The van der Waals surface area contributed by atoms with Crippen LogP contribution in [0, 0.1) is 10.8 Å². The third kappa shape index (κ3) is 7.72. The van der Waals surface area contributed by atoms with Crippen LogP contribution in [0.2, 0.25) is 0 Å². The summed E-state index contributed by atoms with van der Waals surface area (Å²) in [7, 11) is 0. The normalized spacial score (nSPS) is 14.2. The van der Waals surface area contributed by atoms with Gasteiger partial charge in [0.25, 0.3) is 0 Å². The molecular weight excluding hydrogens is 462 g/mol. The number of hydrogen-bond acceptors (Lipinski definition) is 7. The van der Waals surface area contributed by atoms with Crippen LogP contribution in [0.25, 0.3) is 0 Å². The number of aliphatic hydroxyl groups excluding tert-OH is 2. The summed E-state index contributed by atoms with van der Waals surface area (Å²) in [6.45, 7) is 0.386. The Morgan fingerprint density at radius 2 is 1.39 bits per heavy atom. The van der Waals surface area contributed by atoms with Crippen molar-refractivity contribution in [1.29, 1.82) is 0 Å². The minimum absolute atomic E-state index is 0.0324. The highest BCUT2D eigenvalue weighted by atomic mass is 16.5. The minimum atomic E-state index is -2.02. The number of amides is 2. The van der Waals surface area contributed by atoms with Gasteiger partial charge in [0.1, 0.15) is 24.5 Å². The number of nitroso groups, excluding NO2 is 1. The quantitative estimate of drug-likeness (QED) is 0.269. The summed E-state index contributed by atoms with van der Waals surface area (Å²) in [4.78, 5) is 35.9. The Bertz CT molecular complexity index is 1130. The molecule has 5 N–H and O–H groups in total. The van der Waals surface area contributed by atoms with E-state index in [0.717, 1.165) is 11.1 Å². The smallest absolute Gasteiger partial charge is 0.240 e. The molecule has 0 saturated carbocycles. The highest BCUT2D eigenvalue weighted by molar-refractivity contribution is 5.88. The number of ether oxygens (including phenoxy) is 1. The van der Waals surface area contributed by atoms with Gasteiger partial charge in [0.15, 0.2) is 0 Å². The molecule has 0 radical (unpaired) electrons. The topological polar surface area (TPSA) is 151 Å². The first-order chi connectivity index (χ1) is 17.4. The van der Waals surface area contributed by atoms with E-state index in [4.69, 9.17) is 10.5 Å². The van der Waals surface area contributed by atoms with E-state index < -0.39 is 36.1 Å². The first-order valence-corrected chi connectivity index (χ1v) is 11.4. The number of hydrogen-bond donors (Lipinski definition) is 4. The van der Waals surface area contributed by atoms with Crippen LogP contribution < -0.4 is 15.8 Å². The molecule has 3 aromatic rings. The van der Waals surface area contributed by atoms with E-state index in [-0.39, 0.29) is 12.8 Å². The van der Waals surface area contributed by atoms with Crippen LogP contribution in [0.4, 0.5) is 0 Å². The third-order valence-electron chi connectivity index (χ3n) is 5.73. The molecule has 3 rings (SSSR count). The number of nitrogens with two attached hydrogens (primary N) is 1. The summed E-state index contributed by atoms with van der Waals surface area (Å²) in [6, 6.07) is 24.4. The lowest BCUT2D eigenvalue weighted by atomic mass is 9.91. The number of primary amides is 1. The number of nitrogens with one attached hydrogen (secondary N) is 1. The molecule has 4 atom stereocenters. The second kappa shape index (κ2) is 13.1. The van der Waals surface area contributed by atoms with E-state index in [9.17, 15) is 24.7 Å². The van der Waals surface area contributed by atoms with Crippen molar-refractivity contribution >= 4 is 11.8 Å². The monoisotopic (exact) mass is 491 g/mol. The van der Waals surface area contributed by atoms with E-state index in [1.807, 2.05) is 36.4 Å². The lowest BCUT2D eigenvalue weighted by molar-refractivity contribution is -0.135. The molecular formula is C27H29N3O6. The van der Waals surface area contributed by atoms with Crippen molar-refractivity contribution in [1.82, 2.24) is 5.32 Å². The fourth-order valence-corrected chi connectivity index (χ4v) is 3.71. The van der Waals surface area contributed by atoms with E-state index in [1.54, 1.807) is 48.5 Å². The SMILES string of the molecule is NC(=O)[C@H](Cc1ccccc1)NC(=O)[C@H](Cc1ccc(OCc2ccccc2)cc1)C(O)C(O)N=O. The molecule has 0 aliphatic heterocycles. The molecule has 0 spiro atoms. The van der Waals surface area contributed by atoms with Gasteiger partial charge in [-0.05, 0) is 40.4 Å². The first kappa shape index (κ1) is 26.5. The molecule has 0 aliphatic rings. The van der Waals surface area contributed by atoms with Crippen LogP contribution in [0.3, 0.4) is 0 Å². The largest absolute Gasteiger partial charge is 0.489 e. The number of rotatable bonds is 13. The van der Waals surface area contributed by atoms with Crippen LogP contribution >= 0.6 is 0 Å². The van der Waals surface area contributed by atoms with Crippen molar-refractivity contribution in [2.24, 2.45) is 16.8 Å². The van der Waals surface area contributed by atoms with Gasteiger partial charge in [-0.3, -0.25) is 9.59 Å². The molecule has 0 heterocycles. The second-order valence-electron chi connectivity index (χ2n) is 8.39. The molecule has 0 aromatic heterocycles. The van der Waals surface area contributed by atoms with Gasteiger partial charge in [0.2, 0.25) is 18.0 Å². The van der Waals surface area contributed by atoms with Crippen LogP contribution in [0.5, 0.6) is 5.75 Å². The van der Waals surface area contributed by atoms with Crippen molar-refractivity contribution in [2.45, 2.75) is 37.8 Å². The molecule has 9 nitrogen and oxygen atoms in total. The fraction of sp³-hybridized carbons (Fsp3) is 0.259.